The summed E-state index contributed by atoms with van der Waals surface area (Å²) in [7, 11) is -3.50. The van der Waals surface area contributed by atoms with E-state index in [2.05, 4.69) is 21.2 Å². The van der Waals surface area contributed by atoms with Crippen molar-refractivity contribution in [2.75, 3.05) is 17.1 Å². The number of benzene rings is 2. The Morgan fingerprint density at radius 1 is 1.03 bits per heavy atom. The average Bonchev–Trinajstić information content (AvgIpc) is 2.74. The molecule has 1 N–H and O–H groups in total. The van der Waals surface area contributed by atoms with Gasteiger partial charge in [0.1, 0.15) is 6.04 Å². The second kappa shape index (κ2) is 11.8. The molecule has 1 atom stereocenters. The summed E-state index contributed by atoms with van der Waals surface area (Å²) in [5.74, 6) is -0.444. The number of carbonyl (C=O) groups excluding carboxylic acids is 2. The van der Waals surface area contributed by atoms with E-state index in [-0.39, 0.29) is 31.3 Å². The fourth-order valence-electron chi connectivity index (χ4n) is 3.44. The van der Waals surface area contributed by atoms with E-state index < -0.39 is 21.6 Å². The minimum Gasteiger partial charge on any atom is -0.350 e. The lowest BCUT2D eigenvalue weighted by Gasteiger charge is -2.32. The molecule has 0 aliphatic carbocycles. The number of amides is 2. The Hall–Kier alpha value is -2.39. The number of nitrogens with zero attached hydrogens (tertiary/aromatic N) is 2. The minimum atomic E-state index is -3.50. The molecule has 2 amide bonds. The Labute approximate surface area is 211 Å². The van der Waals surface area contributed by atoms with Crippen molar-refractivity contribution in [3.8, 4) is 0 Å². The van der Waals surface area contributed by atoms with Gasteiger partial charge in [-0.25, -0.2) is 8.42 Å². The van der Waals surface area contributed by atoms with Crippen molar-refractivity contribution in [2.45, 2.75) is 58.7 Å². The van der Waals surface area contributed by atoms with Gasteiger partial charge in [-0.2, -0.15) is 0 Å². The second-order valence-corrected chi connectivity index (χ2v) is 12.2. The molecule has 186 valence electrons. The van der Waals surface area contributed by atoms with Gasteiger partial charge < -0.3 is 10.2 Å². The third kappa shape index (κ3) is 8.76. The van der Waals surface area contributed by atoms with Crippen LogP contribution in [0, 0.1) is 0 Å². The fraction of sp³-hybridized carbons (Fsp3) is 0.440. The number of hydrogen-bond acceptors (Lipinski definition) is 4. The first kappa shape index (κ1) is 27.9. The Kier molecular flexibility index (Phi) is 9.70. The molecule has 0 saturated carbocycles. The summed E-state index contributed by atoms with van der Waals surface area (Å²) in [5, 5.41) is 2.94. The summed E-state index contributed by atoms with van der Waals surface area (Å²) >= 11 is 3.41. The van der Waals surface area contributed by atoms with Crippen molar-refractivity contribution in [3.05, 3.63) is 64.6 Å². The summed E-state index contributed by atoms with van der Waals surface area (Å²) in [5.41, 5.74) is 1.03. The predicted molar refractivity (Wildman–Crippen MR) is 140 cm³/mol. The molecule has 0 aliphatic heterocycles. The molecule has 0 bridgehead atoms. The van der Waals surface area contributed by atoms with Crippen LogP contribution in [0.1, 0.15) is 46.1 Å². The average molecular weight is 553 g/mol. The number of halogens is 1. The lowest BCUT2D eigenvalue weighted by Crippen LogP contribution is -2.52. The predicted octanol–water partition coefficient (Wildman–Crippen LogP) is 4.33. The highest BCUT2D eigenvalue weighted by Crippen LogP contribution is 2.19. The number of rotatable bonds is 10. The van der Waals surface area contributed by atoms with Gasteiger partial charge in [-0.3, -0.25) is 13.9 Å². The smallest absolute Gasteiger partial charge is 0.242 e. The van der Waals surface area contributed by atoms with Crippen molar-refractivity contribution >= 4 is 43.5 Å². The van der Waals surface area contributed by atoms with E-state index in [9.17, 15) is 18.0 Å². The van der Waals surface area contributed by atoms with Crippen LogP contribution in [0.4, 0.5) is 5.69 Å². The van der Waals surface area contributed by atoms with Crippen LogP contribution in [-0.2, 0) is 26.2 Å². The highest BCUT2D eigenvalue weighted by Gasteiger charge is 2.28. The Morgan fingerprint density at radius 2 is 1.62 bits per heavy atom. The van der Waals surface area contributed by atoms with Gasteiger partial charge in [0.15, 0.2) is 0 Å². The maximum Gasteiger partial charge on any atom is 0.242 e. The van der Waals surface area contributed by atoms with Gasteiger partial charge in [0, 0.05) is 29.5 Å². The molecule has 34 heavy (non-hydrogen) atoms. The van der Waals surface area contributed by atoms with Gasteiger partial charge in [-0.05, 0) is 63.9 Å². The molecule has 2 aromatic rings. The molecule has 0 fully saturated rings. The number of sulfonamides is 1. The first-order valence-electron chi connectivity index (χ1n) is 11.2. The Morgan fingerprint density at radius 3 is 2.15 bits per heavy atom. The van der Waals surface area contributed by atoms with Gasteiger partial charge in [0.25, 0.3) is 0 Å². The van der Waals surface area contributed by atoms with Crippen molar-refractivity contribution in [1.29, 1.82) is 0 Å². The van der Waals surface area contributed by atoms with E-state index in [0.29, 0.717) is 12.1 Å². The summed E-state index contributed by atoms with van der Waals surface area (Å²) in [6.45, 7) is 7.83. The number of para-hydroxylation sites is 1. The molecular formula is C25H34BrN3O4S. The summed E-state index contributed by atoms with van der Waals surface area (Å²) in [4.78, 5) is 27.7. The second-order valence-electron chi connectivity index (χ2n) is 9.34. The maximum absolute atomic E-state index is 13.3. The SMILES string of the molecule is CC(C(=O)NC(C)(C)C)N(Cc1ccc(Br)cc1)C(=O)CCCN(c1ccccc1)S(C)(=O)=O. The molecule has 0 aromatic heterocycles. The lowest BCUT2D eigenvalue weighted by atomic mass is 10.1. The van der Waals surface area contributed by atoms with Crippen molar-refractivity contribution < 1.29 is 18.0 Å². The molecular weight excluding hydrogens is 518 g/mol. The normalized spacial score (nSPS) is 12.6. The topological polar surface area (TPSA) is 86.8 Å². The van der Waals surface area contributed by atoms with E-state index >= 15 is 0 Å². The number of nitrogens with one attached hydrogen (secondary N) is 1. The number of carbonyl (C=O) groups is 2. The van der Waals surface area contributed by atoms with Crippen LogP contribution >= 0.6 is 15.9 Å². The number of anilines is 1. The van der Waals surface area contributed by atoms with E-state index in [1.54, 1.807) is 36.1 Å². The van der Waals surface area contributed by atoms with Crippen molar-refractivity contribution in [3.63, 3.8) is 0 Å². The molecule has 1 unspecified atom stereocenters. The first-order valence-corrected chi connectivity index (χ1v) is 13.8. The highest BCUT2D eigenvalue weighted by molar-refractivity contribution is 9.10. The molecule has 2 rings (SSSR count). The molecule has 7 nitrogen and oxygen atoms in total. The Bertz CT molecular complexity index is 1070. The minimum absolute atomic E-state index is 0.114. The van der Waals surface area contributed by atoms with E-state index in [0.717, 1.165) is 16.3 Å². The first-order chi connectivity index (χ1) is 15.8. The molecule has 0 aliphatic rings. The lowest BCUT2D eigenvalue weighted by molar-refractivity contribution is -0.141. The summed E-state index contributed by atoms with van der Waals surface area (Å²) in [6.07, 6.45) is 1.59. The van der Waals surface area contributed by atoms with Crippen LogP contribution in [0.3, 0.4) is 0 Å². The fourth-order valence-corrected chi connectivity index (χ4v) is 4.67. The zero-order chi connectivity index (χ0) is 25.5. The van der Waals surface area contributed by atoms with Crippen molar-refractivity contribution in [2.24, 2.45) is 0 Å². The van der Waals surface area contributed by atoms with Crippen LogP contribution in [0.2, 0.25) is 0 Å². The third-order valence-corrected chi connectivity index (χ3v) is 6.85. The van der Waals surface area contributed by atoms with E-state index in [1.807, 2.05) is 51.1 Å². The highest BCUT2D eigenvalue weighted by atomic mass is 79.9. The largest absolute Gasteiger partial charge is 0.350 e. The van der Waals surface area contributed by atoms with E-state index in [1.165, 1.54) is 4.31 Å². The molecule has 0 saturated heterocycles. The summed E-state index contributed by atoms with van der Waals surface area (Å²) < 4.78 is 26.9. The molecule has 2 aromatic carbocycles. The quantitative estimate of drug-likeness (QED) is 0.476. The molecule has 0 heterocycles. The van der Waals surface area contributed by atoms with Crippen molar-refractivity contribution in [1.82, 2.24) is 10.2 Å². The van der Waals surface area contributed by atoms with Crippen LogP contribution in [-0.4, -0.2) is 49.5 Å². The third-order valence-electron chi connectivity index (χ3n) is 5.13. The zero-order valence-corrected chi connectivity index (χ0v) is 22.8. The van der Waals surface area contributed by atoms with Gasteiger partial charge >= 0.3 is 0 Å². The monoisotopic (exact) mass is 551 g/mol. The van der Waals surface area contributed by atoms with E-state index in [4.69, 9.17) is 0 Å². The van der Waals surface area contributed by atoms with Crippen LogP contribution < -0.4 is 9.62 Å². The zero-order valence-electron chi connectivity index (χ0n) is 20.4. The maximum atomic E-state index is 13.3. The van der Waals surface area contributed by atoms with Crippen LogP contribution in [0.25, 0.3) is 0 Å². The van der Waals surface area contributed by atoms with Crippen LogP contribution in [0.15, 0.2) is 59.1 Å². The molecule has 9 heteroatoms. The standard InChI is InChI=1S/C25H34BrN3O4S/c1-19(24(31)27-25(2,3)4)28(18-20-13-15-21(26)16-14-20)23(30)12-9-17-29(34(5,32)33)22-10-7-6-8-11-22/h6-8,10-11,13-16,19H,9,12,17-18H2,1-5H3,(H,27,31). The summed E-state index contributed by atoms with van der Waals surface area (Å²) in [6, 6.07) is 15.7. The number of hydrogen-bond donors (Lipinski definition) is 1. The molecule has 0 radical (unpaired) electrons. The van der Waals surface area contributed by atoms with Gasteiger partial charge in [0.05, 0.1) is 11.9 Å². The van der Waals surface area contributed by atoms with Gasteiger partial charge in [-0.1, -0.05) is 46.3 Å². The van der Waals surface area contributed by atoms with Gasteiger partial charge in [-0.15, -0.1) is 0 Å². The molecule has 0 spiro atoms. The van der Waals surface area contributed by atoms with Crippen LogP contribution in [0.5, 0.6) is 0 Å². The Balaban J connectivity index is 2.16. The van der Waals surface area contributed by atoms with Gasteiger partial charge in [0.2, 0.25) is 21.8 Å².